The number of hydrogen-bond donors (Lipinski definition) is 2. The van der Waals surface area contributed by atoms with E-state index in [1.807, 2.05) is 5.10 Å². The second-order valence-electron chi connectivity index (χ2n) is 10.1. The summed E-state index contributed by atoms with van der Waals surface area (Å²) in [5.41, 5.74) is -1.42. The van der Waals surface area contributed by atoms with Crippen molar-refractivity contribution in [2.75, 3.05) is 31.5 Å². The molecule has 0 saturated carbocycles. The number of alkyl halides is 3. The number of amides is 3. The van der Waals surface area contributed by atoms with Gasteiger partial charge in [-0.2, -0.15) is 18.3 Å². The van der Waals surface area contributed by atoms with Crippen LogP contribution in [0.4, 0.5) is 23.7 Å². The van der Waals surface area contributed by atoms with Crippen LogP contribution in [0.25, 0.3) is 11.3 Å². The minimum absolute atomic E-state index is 0.0389. The Balaban J connectivity index is 1.41. The minimum Gasteiger partial charge on any atom is -0.444 e. The summed E-state index contributed by atoms with van der Waals surface area (Å²) in [6, 6.07) is 4.34. The molecule has 15 heteroatoms. The van der Waals surface area contributed by atoms with Crippen molar-refractivity contribution in [2.24, 2.45) is 7.05 Å². The fraction of sp³-hybridized carbons (Fsp3) is 0.400. The van der Waals surface area contributed by atoms with E-state index in [9.17, 15) is 27.6 Å². The standard InChI is InChI=1S/C25H27ClF3N7O4/c1-24(2,3)40-23(39)36-9-7-35(8-10-36)22(38)15-6-5-14(11-17(15)26)32-21(37)20-30-13-18(34(20)4)16-12-31-33-19(16)25(27,28)29/h5-6,11-13H,7-10H2,1-4H3,(H,31,33)(H,32,37). The van der Waals surface area contributed by atoms with Crippen LogP contribution in [0.2, 0.25) is 5.02 Å². The minimum atomic E-state index is -4.67. The third-order valence-corrected chi connectivity index (χ3v) is 6.38. The highest BCUT2D eigenvalue weighted by molar-refractivity contribution is 6.34. The van der Waals surface area contributed by atoms with Gasteiger partial charge < -0.3 is 24.4 Å². The number of benzene rings is 1. The van der Waals surface area contributed by atoms with Gasteiger partial charge in [-0.3, -0.25) is 14.7 Å². The molecule has 1 aromatic carbocycles. The zero-order chi connectivity index (χ0) is 29.4. The van der Waals surface area contributed by atoms with E-state index in [0.717, 1.165) is 12.4 Å². The molecule has 40 heavy (non-hydrogen) atoms. The van der Waals surface area contributed by atoms with Crippen LogP contribution in [-0.4, -0.2) is 79.2 Å². The summed E-state index contributed by atoms with van der Waals surface area (Å²) < 4.78 is 46.4. The van der Waals surface area contributed by atoms with Crippen molar-refractivity contribution >= 4 is 35.2 Å². The average molecular weight is 582 g/mol. The Kier molecular flexibility index (Phi) is 7.83. The molecule has 3 heterocycles. The van der Waals surface area contributed by atoms with E-state index in [1.165, 1.54) is 34.7 Å². The number of halogens is 4. The average Bonchev–Trinajstić information content (AvgIpc) is 3.49. The molecule has 3 amide bonds. The number of rotatable bonds is 4. The van der Waals surface area contributed by atoms with Crippen LogP contribution in [0, 0.1) is 0 Å². The molecule has 1 fully saturated rings. The number of anilines is 1. The quantitative estimate of drug-likeness (QED) is 0.470. The predicted molar refractivity (Wildman–Crippen MR) is 139 cm³/mol. The Morgan fingerprint density at radius 2 is 1.70 bits per heavy atom. The van der Waals surface area contributed by atoms with Crippen molar-refractivity contribution in [1.82, 2.24) is 29.5 Å². The molecule has 0 atom stereocenters. The van der Waals surface area contributed by atoms with Gasteiger partial charge in [0, 0.05) is 38.9 Å². The lowest BCUT2D eigenvalue weighted by molar-refractivity contribution is -0.140. The number of H-pyrrole nitrogens is 1. The lowest BCUT2D eigenvalue weighted by atomic mass is 10.1. The smallest absolute Gasteiger partial charge is 0.433 e. The zero-order valence-electron chi connectivity index (χ0n) is 22.1. The van der Waals surface area contributed by atoms with Crippen molar-refractivity contribution in [2.45, 2.75) is 32.5 Å². The number of nitrogens with one attached hydrogen (secondary N) is 2. The first-order valence-electron chi connectivity index (χ1n) is 12.2. The number of nitrogens with zero attached hydrogens (tertiary/aromatic N) is 5. The molecule has 11 nitrogen and oxygen atoms in total. The van der Waals surface area contributed by atoms with E-state index < -0.39 is 29.5 Å². The van der Waals surface area contributed by atoms with Crippen molar-refractivity contribution < 1.29 is 32.3 Å². The number of imidazole rings is 1. The molecule has 3 aromatic rings. The fourth-order valence-electron chi connectivity index (χ4n) is 4.11. The number of hydrogen-bond acceptors (Lipinski definition) is 6. The molecule has 1 aliphatic rings. The molecular formula is C25H27ClF3N7O4. The lowest BCUT2D eigenvalue weighted by Crippen LogP contribution is -2.51. The molecule has 1 aliphatic heterocycles. The van der Waals surface area contributed by atoms with Gasteiger partial charge in [-0.1, -0.05) is 11.6 Å². The Bertz CT molecular complexity index is 1440. The van der Waals surface area contributed by atoms with Gasteiger partial charge in [0.25, 0.3) is 11.8 Å². The van der Waals surface area contributed by atoms with Gasteiger partial charge in [-0.15, -0.1) is 0 Å². The molecule has 4 rings (SSSR count). The number of piperazine rings is 1. The molecule has 0 bridgehead atoms. The summed E-state index contributed by atoms with van der Waals surface area (Å²) in [5, 5.41) is 8.07. The number of aromatic nitrogens is 4. The molecule has 2 N–H and O–H groups in total. The molecule has 0 unspecified atom stereocenters. The Labute approximate surface area is 232 Å². The van der Waals surface area contributed by atoms with E-state index in [-0.39, 0.29) is 39.3 Å². The van der Waals surface area contributed by atoms with E-state index in [0.29, 0.717) is 26.2 Å². The molecule has 1 saturated heterocycles. The SMILES string of the molecule is Cn1c(-c2cn[nH]c2C(F)(F)F)cnc1C(=O)Nc1ccc(C(=O)N2CCN(C(=O)OC(C)(C)C)CC2)c(Cl)c1. The second-order valence-corrected chi connectivity index (χ2v) is 10.5. The van der Waals surface area contributed by atoms with E-state index in [4.69, 9.17) is 16.3 Å². The number of aromatic amines is 1. The third kappa shape index (κ3) is 6.22. The summed E-state index contributed by atoms with van der Waals surface area (Å²) in [5.74, 6) is -1.18. The number of carbonyl (C=O) groups excluding carboxylic acids is 3. The van der Waals surface area contributed by atoms with Crippen LogP contribution < -0.4 is 5.32 Å². The van der Waals surface area contributed by atoms with Gasteiger partial charge in [0.15, 0.2) is 5.82 Å². The van der Waals surface area contributed by atoms with E-state index in [2.05, 4.69) is 15.4 Å². The molecule has 0 radical (unpaired) electrons. The Morgan fingerprint density at radius 3 is 2.30 bits per heavy atom. The molecule has 0 spiro atoms. The van der Waals surface area contributed by atoms with E-state index in [1.54, 1.807) is 25.7 Å². The van der Waals surface area contributed by atoms with Crippen molar-refractivity contribution in [3.8, 4) is 11.3 Å². The first-order valence-corrected chi connectivity index (χ1v) is 12.5. The zero-order valence-corrected chi connectivity index (χ0v) is 22.9. The maximum atomic E-state index is 13.3. The predicted octanol–water partition coefficient (Wildman–Crippen LogP) is 4.43. The van der Waals surface area contributed by atoms with Crippen LogP contribution in [0.3, 0.4) is 0 Å². The van der Waals surface area contributed by atoms with Crippen LogP contribution in [0.1, 0.15) is 47.4 Å². The van der Waals surface area contributed by atoms with Gasteiger partial charge in [0.1, 0.15) is 11.3 Å². The van der Waals surface area contributed by atoms with Crippen molar-refractivity contribution in [1.29, 1.82) is 0 Å². The maximum absolute atomic E-state index is 13.3. The largest absolute Gasteiger partial charge is 0.444 e. The van der Waals surface area contributed by atoms with Crippen molar-refractivity contribution in [3.05, 3.63) is 52.7 Å². The Hall–Kier alpha value is -4.07. The highest BCUT2D eigenvalue weighted by Crippen LogP contribution is 2.35. The summed E-state index contributed by atoms with van der Waals surface area (Å²) in [7, 11) is 1.40. The first kappa shape index (κ1) is 28.9. The third-order valence-electron chi connectivity index (χ3n) is 6.07. The second kappa shape index (κ2) is 10.8. The van der Waals surface area contributed by atoms with Crippen LogP contribution in [0.5, 0.6) is 0 Å². The normalized spacial score (nSPS) is 14.3. The fourth-order valence-corrected chi connectivity index (χ4v) is 4.37. The van der Waals surface area contributed by atoms with Crippen molar-refractivity contribution in [3.63, 3.8) is 0 Å². The van der Waals surface area contributed by atoms with Gasteiger partial charge in [0.05, 0.1) is 34.2 Å². The topological polar surface area (TPSA) is 125 Å². The Morgan fingerprint density at radius 1 is 1.05 bits per heavy atom. The van der Waals surface area contributed by atoms with Crippen LogP contribution in [0.15, 0.2) is 30.6 Å². The summed E-state index contributed by atoms with van der Waals surface area (Å²) in [4.78, 5) is 45.3. The number of carbonyl (C=O) groups is 3. The van der Waals surface area contributed by atoms with Gasteiger partial charge in [-0.25, -0.2) is 9.78 Å². The highest BCUT2D eigenvalue weighted by atomic mass is 35.5. The summed E-state index contributed by atoms with van der Waals surface area (Å²) >= 11 is 6.37. The summed E-state index contributed by atoms with van der Waals surface area (Å²) in [6.07, 6.45) is -2.95. The molecule has 0 aliphatic carbocycles. The lowest BCUT2D eigenvalue weighted by Gasteiger charge is -2.35. The highest BCUT2D eigenvalue weighted by Gasteiger charge is 2.37. The maximum Gasteiger partial charge on any atom is 0.433 e. The monoisotopic (exact) mass is 581 g/mol. The van der Waals surface area contributed by atoms with Gasteiger partial charge in [-0.05, 0) is 39.0 Å². The molecule has 214 valence electrons. The van der Waals surface area contributed by atoms with E-state index >= 15 is 0 Å². The molecular weight excluding hydrogens is 555 g/mol. The van der Waals surface area contributed by atoms with Crippen LogP contribution >= 0.6 is 11.6 Å². The van der Waals surface area contributed by atoms with Crippen LogP contribution in [-0.2, 0) is 18.0 Å². The first-order chi connectivity index (χ1) is 18.7. The van der Waals surface area contributed by atoms with Gasteiger partial charge >= 0.3 is 12.3 Å². The number of ether oxygens (including phenoxy) is 1. The van der Waals surface area contributed by atoms with Gasteiger partial charge in [0.2, 0.25) is 0 Å². The summed E-state index contributed by atoms with van der Waals surface area (Å²) in [6.45, 7) is 6.53. The molecule has 2 aromatic heterocycles.